The second-order valence-corrected chi connectivity index (χ2v) is 4.37. The lowest BCUT2D eigenvalue weighted by Gasteiger charge is -2.01. The van der Waals surface area contributed by atoms with Crippen molar-refractivity contribution >= 4 is 21.9 Å². The van der Waals surface area contributed by atoms with Gasteiger partial charge in [-0.25, -0.2) is 0 Å². The van der Waals surface area contributed by atoms with Crippen molar-refractivity contribution in [3.63, 3.8) is 0 Å². The Hall–Kier alpha value is -1.74. The maximum atomic E-state index is 9.18. The molecule has 0 aliphatic heterocycles. The Morgan fingerprint density at radius 2 is 1.82 bits per heavy atom. The zero-order valence-electron chi connectivity index (χ0n) is 9.91. The number of hydrogen-bond donors (Lipinski definition) is 1. The highest BCUT2D eigenvalue weighted by atomic mass is 16.3. The summed E-state index contributed by atoms with van der Waals surface area (Å²) in [6.45, 7) is 3.96. The largest absolute Gasteiger partial charge is 0.461 e. The Kier molecular flexibility index (Phi) is 2.23. The van der Waals surface area contributed by atoms with Crippen LogP contribution >= 0.6 is 0 Å². The van der Waals surface area contributed by atoms with E-state index in [-0.39, 0.29) is 6.61 Å². The Morgan fingerprint density at radius 1 is 1.06 bits per heavy atom. The standard InChI is InChI=1S/C14H14O3/c1-8-5-10-7-13-12(6-9(2)16-13)11(3-4-15)14(10)17-8/h5-7,15H,3-4H2,1-2H3. The quantitative estimate of drug-likeness (QED) is 0.734. The predicted molar refractivity (Wildman–Crippen MR) is 66.2 cm³/mol. The molecule has 3 aromatic rings. The first-order valence-corrected chi connectivity index (χ1v) is 5.72. The molecule has 0 saturated carbocycles. The van der Waals surface area contributed by atoms with Gasteiger partial charge in [0, 0.05) is 22.9 Å². The van der Waals surface area contributed by atoms with Gasteiger partial charge >= 0.3 is 0 Å². The van der Waals surface area contributed by atoms with Crippen molar-refractivity contribution in [3.05, 3.63) is 35.3 Å². The molecule has 17 heavy (non-hydrogen) atoms. The number of hydrogen-bond acceptors (Lipinski definition) is 3. The van der Waals surface area contributed by atoms with E-state index in [1.54, 1.807) is 0 Å². The van der Waals surface area contributed by atoms with E-state index in [4.69, 9.17) is 8.83 Å². The van der Waals surface area contributed by atoms with Crippen molar-refractivity contribution in [2.24, 2.45) is 0 Å². The van der Waals surface area contributed by atoms with Crippen molar-refractivity contribution in [3.8, 4) is 0 Å². The summed E-state index contributed by atoms with van der Waals surface area (Å²) in [4.78, 5) is 0. The van der Waals surface area contributed by atoms with Gasteiger partial charge in [0.2, 0.25) is 0 Å². The van der Waals surface area contributed by atoms with Gasteiger partial charge in [-0.2, -0.15) is 0 Å². The van der Waals surface area contributed by atoms with Gasteiger partial charge < -0.3 is 13.9 Å². The topological polar surface area (TPSA) is 46.5 Å². The molecule has 3 nitrogen and oxygen atoms in total. The molecule has 0 spiro atoms. The van der Waals surface area contributed by atoms with Crippen molar-refractivity contribution in [1.29, 1.82) is 0 Å². The van der Waals surface area contributed by atoms with Crippen LogP contribution in [0.2, 0.25) is 0 Å². The van der Waals surface area contributed by atoms with Gasteiger partial charge in [0.25, 0.3) is 0 Å². The normalized spacial score (nSPS) is 11.7. The van der Waals surface area contributed by atoms with Crippen LogP contribution in [0.3, 0.4) is 0 Å². The van der Waals surface area contributed by atoms with Crippen LogP contribution in [0.15, 0.2) is 27.0 Å². The third-order valence-corrected chi connectivity index (χ3v) is 3.02. The van der Waals surface area contributed by atoms with E-state index in [1.165, 1.54) is 0 Å². The fraction of sp³-hybridized carbons (Fsp3) is 0.286. The zero-order chi connectivity index (χ0) is 12.0. The summed E-state index contributed by atoms with van der Waals surface area (Å²) in [5.41, 5.74) is 2.76. The maximum Gasteiger partial charge on any atom is 0.138 e. The molecule has 88 valence electrons. The lowest BCUT2D eigenvalue weighted by atomic mass is 10.0. The molecule has 0 amide bonds. The summed E-state index contributed by atoms with van der Waals surface area (Å²) in [6, 6.07) is 5.99. The molecule has 3 rings (SSSR count). The number of aliphatic hydroxyl groups is 1. The minimum absolute atomic E-state index is 0.109. The van der Waals surface area contributed by atoms with E-state index in [0.29, 0.717) is 6.42 Å². The molecule has 0 unspecified atom stereocenters. The molecule has 0 atom stereocenters. The van der Waals surface area contributed by atoms with Gasteiger partial charge in [-0.1, -0.05) is 0 Å². The number of rotatable bonds is 2. The van der Waals surface area contributed by atoms with Crippen LogP contribution in [0.1, 0.15) is 17.1 Å². The van der Waals surface area contributed by atoms with Crippen LogP contribution in [-0.4, -0.2) is 11.7 Å². The molecule has 1 N–H and O–H groups in total. The van der Waals surface area contributed by atoms with Crippen molar-refractivity contribution in [1.82, 2.24) is 0 Å². The minimum Gasteiger partial charge on any atom is -0.461 e. The number of benzene rings is 1. The lowest BCUT2D eigenvalue weighted by molar-refractivity contribution is 0.300. The fourth-order valence-electron chi connectivity index (χ4n) is 2.38. The highest BCUT2D eigenvalue weighted by Crippen LogP contribution is 2.32. The second-order valence-electron chi connectivity index (χ2n) is 4.37. The van der Waals surface area contributed by atoms with Crippen LogP contribution in [0.5, 0.6) is 0 Å². The lowest BCUT2D eigenvalue weighted by Crippen LogP contribution is -1.91. The van der Waals surface area contributed by atoms with E-state index in [9.17, 15) is 5.11 Å². The monoisotopic (exact) mass is 230 g/mol. The Balaban J connectivity index is 2.44. The van der Waals surface area contributed by atoms with Crippen LogP contribution in [-0.2, 0) is 6.42 Å². The SMILES string of the molecule is Cc1cc2c(CCO)c3oc(C)cc3cc2o1. The highest BCUT2D eigenvalue weighted by Gasteiger charge is 2.14. The van der Waals surface area contributed by atoms with Crippen molar-refractivity contribution in [2.75, 3.05) is 6.61 Å². The first-order valence-electron chi connectivity index (χ1n) is 5.72. The molecule has 0 aliphatic carbocycles. The third kappa shape index (κ3) is 1.54. The van der Waals surface area contributed by atoms with Gasteiger partial charge in [0.1, 0.15) is 22.7 Å². The van der Waals surface area contributed by atoms with E-state index in [0.717, 1.165) is 39.0 Å². The van der Waals surface area contributed by atoms with Crippen molar-refractivity contribution in [2.45, 2.75) is 20.3 Å². The van der Waals surface area contributed by atoms with Gasteiger partial charge in [0.15, 0.2) is 0 Å². The summed E-state index contributed by atoms with van der Waals surface area (Å²) in [5, 5.41) is 11.3. The Bertz CT molecular complexity index is 633. The molecule has 2 aromatic heterocycles. The summed E-state index contributed by atoms with van der Waals surface area (Å²) >= 11 is 0. The van der Waals surface area contributed by atoms with Gasteiger partial charge in [-0.05, 0) is 38.5 Å². The predicted octanol–water partition coefficient (Wildman–Crippen LogP) is 3.33. The van der Waals surface area contributed by atoms with E-state index in [1.807, 2.05) is 32.0 Å². The average molecular weight is 230 g/mol. The number of fused-ring (bicyclic) bond motifs is 2. The van der Waals surface area contributed by atoms with E-state index < -0.39 is 0 Å². The van der Waals surface area contributed by atoms with Crippen LogP contribution in [0, 0.1) is 13.8 Å². The fourth-order valence-corrected chi connectivity index (χ4v) is 2.38. The third-order valence-electron chi connectivity index (χ3n) is 3.02. The van der Waals surface area contributed by atoms with E-state index >= 15 is 0 Å². The molecule has 2 heterocycles. The molecule has 0 saturated heterocycles. The average Bonchev–Trinajstić information content (AvgIpc) is 2.79. The molecule has 0 aliphatic rings. The first-order chi connectivity index (χ1) is 8.19. The maximum absolute atomic E-state index is 9.18. The van der Waals surface area contributed by atoms with Crippen LogP contribution in [0.4, 0.5) is 0 Å². The Morgan fingerprint density at radius 3 is 2.59 bits per heavy atom. The summed E-state index contributed by atoms with van der Waals surface area (Å²) in [7, 11) is 0. The van der Waals surface area contributed by atoms with Gasteiger partial charge in [0.05, 0.1) is 0 Å². The van der Waals surface area contributed by atoms with Crippen LogP contribution in [0.25, 0.3) is 21.9 Å². The smallest absolute Gasteiger partial charge is 0.138 e. The van der Waals surface area contributed by atoms with Gasteiger partial charge in [-0.3, -0.25) is 0 Å². The molecule has 1 aromatic carbocycles. The van der Waals surface area contributed by atoms with E-state index in [2.05, 4.69) is 0 Å². The molecule has 0 fully saturated rings. The molecule has 0 radical (unpaired) electrons. The van der Waals surface area contributed by atoms with Crippen molar-refractivity contribution < 1.29 is 13.9 Å². The summed E-state index contributed by atoms with van der Waals surface area (Å²) in [6.07, 6.45) is 0.583. The number of aliphatic hydroxyl groups excluding tert-OH is 1. The van der Waals surface area contributed by atoms with Crippen LogP contribution < -0.4 is 0 Å². The highest BCUT2D eigenvalue weighted by molar-refractivity contribution is 5.98. The molecular weight excluding hydrogens is 216 g/mol. The summed E-state index contributed by atoms with van der Waals surface area (Å²) < 4.78 is 11.4. The zero-order valence-corrected chi connectivity index (χ0v) is 9.91. The second kappa shape index (κ2) is 3.64. The summed E-state index contributed by atoms with van der Waals surface area (Å²) in [5.74, 6) is 1.76. The molecular formula is C14H14O3. The minimum atomic E-state index is 0.109. The molecule has 0 bridgehead atoms. The Labute approximate surface area is 98.6 Å². The molecule has 3 heteroatoms. The number of furan rings is 2. The first kappa shape index (κ1) is 10.4. The van der Waals surface area contributed by atoms with Gasteiger partial charge in [-0.15, -0.1) is 0 Å². The number of aryl methyl sites for hydroxylation is 2.